The summed E-state index contributed by atoms with van der Waals surface area (Å²) in [5, 5.41) is 0. The van der Waals surface area contributed by atoms with Crippen LogP contribution in [0.15, 0.2) is 57.9 Å². The molecule has 2 aliphatic rings. The van der Waals surface area contributed by atoms with E-state index in [9.17, 15) is 13.2 Å². The number of nitrogens with zero attached hydrogens (tertiary/aromatic N) is 1. The van der Waals surface area contributed by atoms with Crippen LogP contribution in [0.2, 0.25) is 0 Å². The molecule has 0 spiro atoms. The second-order valence-corrected chi connectivity index (χ2v) is 10.9. The monoisotopic (exact) mass is 507 g/mol. The minimum atomic E-state index is -3.92. The summed E-state index contributed by atoms with van der Waals surface area (Å²) < 4.78 is 36.9. The molecule has 0 aliphatic carbocycles. The van der Waals surface area contributed by atoms with Crippen LogP contribution in [0.25, 0.3) is 0 Å². The lowest BCUT2D eigenvalue weighted by atomic mass is 9.82. The fourth-order valence-corrected chi connectivity index (χ4v) is 5.68. The molecule has 4 rings (SSSR count). The van der Waals surface area contributed by atoms with E-state index in [0.717, 1.165) is 28.4 Å². The highest BCUT2D eigenvalue weighted by Crippen LogP contribution is 2.41. The van der Waals surface area contributed by atoms with Crippen LogP contribution in [0.5, 0.6) is 0 Å². The third kappa shape index (κ3) is 4.87. The molecule has 4 atom stereocenters. The van der Waals surface area contributed by atoms with E-state index in [0.29, 0.717) is 12.5 Å². The van der Waals surface area contributed by atoms with Gasteiger partial charge in [-0.25, -0.2) is 0 Å². The van der Waals surface area contributed by atoms with Crippen LogP contribution in [0.1, 0.15) is 36.9 Å². The van der Waals surface area contributed by atoms with E-state index in [-0.39, 0.29) is 29.6 Å². The van der Waals surface area contributed by atoms with Crippen LogP contribution in [-0.4, -0.2) is 44.6 Å². The Kier molecular flexibility index (Phi) is 6.53. The number of esters is 1. The molecule has 2 aromatic rings. The minimum absolute atomic E-state index is 0.0657. The largest absolute Gasteiger partial charge is 0.457 e. The number of fused-ring (bicyclic) bond motifs is 1. The van der Waals surface area contributed by atoms with Gasteiger partial charge in [0.05, 0.1) is 4.90 Å². The van der Waals surface area contributed by atoms with E-state index < -0.39 is 16.2 Å². The molecule has 0 saturated carbocycles. The summed E-state index contributed by atoms with van der Waals surface area (Å²) in [6.07, 6.45) is 1.02. The molecule has 166 valence electrons. The number of rotatable bonds is 5. The summed E-state index contributed by atoms with van der Waals surface area (Å²) in [7, 11) is -3.92. The highest BCUT2D eigenvalue weighted by Gasteiger charge is 2.45. The maximum atomic E-state index is 12.7. The summed E-state index contributed by atoms with van der Waals surface area (Å²) >= 11 is 3.47. The Hall–Kier alpha value is -1.74. The molecule has 0 bridgehead atoms. The molecule has 2 heterocycles. The molecule has 0 radical (unpaired) electrons. The van der Waals surface area contributed by atoms with Crippen molar-refractivity contribution in [2.24, 2.45) is 5.92 Å². The lowest BCUT2D eigenvalue weighted by molar-refractivity contribution is -0.176. The van der Waals surface area contributed by atoms with Gasteiger partial charge < -0.3 is 4.74 Å². The number of carbonyl (C=O) groups is 1. The van der Waals surface area contributed by atoms with Crippen molar-refractivity contribution in [3.63, 3.8) is 0 Å². The summed E-state index contributed by atoms with van der Waals surface area (Å²) in [5.74, 6) is 0.0581. The second-order valence-electron chi connectivity index (χ2n) is 8.37. The van der Waals surface area contributed by atoms with Gasteiger partial charge >= 0.3 is 5.97 Å². The Morgan fingerprint density at radius 2 is 1.77 bits per heavy atom. The number of piperidine rings is 1. The van der Waals surface area contributed by atoms with Crippen molar-refractivity contribution in [2.75, 3.05) is 13.2 Å². The topological polar surface area (TPSA) is 72.9 Å². The summed E-state index contributed by atoms with van der Waals surface area (Å²) in [4.78, 5) is 15.0. The zero-order valence-corrected chi connectivity index (χ0v) is 19.9. The van der Waals surface area contributed by atoms with Gasteiger partial charge in [-0.3, -0.25) is 13.9 Å². The van der Waals surface area contributed by atoms with Crippen molar-refractivity contribution < 1.29 is 22.1 Å². The summed E-state index contributed by atoms with van der Waals surface area (Å²) in [6.45, 7) is 4.31. The molecular weight excluding hydrogens is 482 g/mol. The van der Waals surface area contributed by atoms with Crippen molar-refractivity contribution in [3.8, 4) is 0 Å². The fraction of sp³-hybridized carbons (Fsp3) is 0.435. The smallest absolute Gasteiger partial charge is 0.323 e. The number of benzene rings is 2. The first-order chi connectivity index (χ1) is 14.7. The van der Waals surface area contributed by atoms with Gasteiger partial charge in [-0.05, 0) is 55.5 Å². The van der Waals surface area contributed by atoms with Crippen molar-refractivity contribution >= 4 is 32.0 Å². The molecule has 0 N–H and O–H groups in total. The van der Waals surface area contributed by atoms with Crippen LogP contribution in [0.3, 0.4) is 0 Å². The Bertz CT molecular complexity index is 1040. The first-order valence-corrected chi connectivity index (χ1v) is 12.6. The molecular formula is C23H26BrNO5S. The predicted octanol–water partition coefficient (Wildman–Crippen LogP) is 4.23. The van der Waals surface area contributed by atoms with E-state index in [1.807, 2.05) is 19.1 Å². The van der Waals surface area contributed by atoms with Gasteiger partial charge in [0.2, 0.25) is 0 Å². The van der Waals surface area contributed by atoms with Gasteiger partial charge in [0.25, 0.3) is 10.1 Å². The molecule has 0 amide bonds. The number of carbonyl (C=O) groups excluding carboxylic acids is 1. The molecule has 8 heteroatoms. The SMILES string of the molecule is Cc1ccc(S(=O)(=O)OC[C@H]2CN3[C@H](c4ccc(Br)cc4)[C@@H](C)CC[C@H]3C(=O)O2)cc1. The Morgan fingerprint density at radius 1 is 1.10 bits per heavy atom. The van der Waals surface area contributed by atoms with Crippen LogP contribution >= 0.6 is 15.9 Å². The molecule has 2 aliphatic heterocycles. The van der Waals surface area contributed by atoms with Crippen molar-refractivity contribution in [2.45, 2.75) is 49.8 Å². The molecule has 2 saturated heterocycles. The average molecular weight is 508 g/mol. The Balaban J connectivity index is 1.50. The van der Waals surface area contributed by atoms with Gasteiger partial charge in [0.15, 0.2) is 0 Å². The van der Waals surface area contributed by atoms with Crippen molar-refractivity contribution in [1.29, 1.82) is 0 Å². The zero-order valence-electron chi connectivity index (χ0n) is 17.5. The van der Waals surface area contributed by atoms with Gasteiger partial charge in [-0.15, -0.1) is 0 Å². The minimum Gasteiger partial charge on any atom is -0.457 e. The van der Waals surface area contributed by atoms with Crippen molar-refractivity contribution in [1.82, 2.24) is 4.90 Å². The summed E-state index contributed by atoms with van der Waals surface area (Å²) in [5.41, 5.74) is 2.10. The van der Waals surface area contributed by atoms with Crippen molar-refractivity contribution in [3.05, 3.63) is 64.1 Å². The van der Waals surface area contributed by atoms with Crippen LogP contribution in [0.4, 0.5) is 0 Å². The molecule has 2 fully saturated rings. The van der Waals surface area contributed by atoms with Gasteiger partial charge in [0, 0.05) is 17.1 Å². The fourth-order valence-electron chi connectivity index (χ4n) is 4.48. The third-order valence-corrected chi connectivity index (χ3v) is 7.92. The third-order valence-electron chi connectivity index (χ3n) is 6.09. The maximum Gasteiger partial charge on any atom is 0.323 e. The van der Waals surface area contributed by atoms with E-state index in [4.69, 9.17) is 8.92 Å². The number of hydrogen-bond acceptors (Lipinski definition) is 6. The van der Waals surface area contributed by atoms with Gasteiger partial charge in [-0.2, -0.15) is 8.42 Å². The first-order valence-electron chi connectivity index (χ1n) is 10.4. The van der Waals surface area contributed by atoms with Crippen LogP contribution in [-0.2, 0) is 23.8 Å². The first kappa shape index (κ1) is 22.5. The lowest BCUT2D eigenvalue weighted by Gasteiger charge is -2.48. The number of hydrogen-bond donors (Lipinski definition) is 0. The quantitative estimate of drug-likeness (QED) is 0.445. The normalized spacial score (nSPS) is 26.9. The molecule has 0 aromatic heterocycles. The lowest BCUT2D eigenvalue weighted by Crippen LogP contribution is -2.58. The molecule has 2 aromatic carbocycles. The number of morpholine rings is 1. The number of halogens is 1. The van der Waals surface area contributed by atoms with Crippen LogP contribution < -0.4 is 0 Å². The number of cyclic esters (lactones) is 1. The molecule has 0 unspecified atom stereocenters. The summed E-state index contributed by atoms with van der Waals surface area (Å²) in [6, 6.07) is 14.4. The maximum absolute atomic E-state index is 12.7. The molecule has 31 heavy (non-hydrogen) atoms. The second kappa shape index (κ2) is 9.02. The van der Waals surface area contributed by atoms with E-state index in [2.05, 4.69) is 39.9 Å². The molecule has 6 nitrogen and oxygen atoms in total. The van der Waals surface area contributed by atoms with E-state index >= 15 is 0 Å². The van der Waals surface area contributed by atoms with Crippen LogP contribution in [0, 0.1) is 12.8 Å². The van der Waals surface area contributed by atoms with E-state index in [1.165, 1.54) is 12.1 Å². The Labute approximate surface area is 191 Å². The highest BCUT2D eigenvalue weighted by atomic mass is 79.9. The highest BCUT2D eigenvalue weighted by molar-refractivity contribution is 9.10. The standard InChI is InChI=1S/C23H26BrNO5S/c1-15-3-10-20(11-4-15)31(27,28)29-14-19-13-25-21(23(26)30-19)12-5-16(2)22(25)17-6-8-18(24)9-7-17/h3-4,6-11,16,19,21-22H,5,12-14H2,1-2H3/t16-,19+,21-,22-/m0/s1. The number of aryl methyl sites for hydroxylation is 1. The average Bonchev–Trinajstić information content (AvgIpc) is 2.73. The number of ether oxygens (including phenoxy) is 1. The van der Waals surface area contributed by atoms with Gasteiger partial charge in [-0.1, -0.05) is 52.7 Å². The zero-order chi connectivity index (χ0) is 22.2. The Morgan fingerprint density at radius 3 is 2.45 bits per heavy atom. The predicted molar refractivity (Wildman–Crippen MR) is 120 cm³/mol. The van der Waals surface area contributed by atoms with E-state index in [1.54, 1.807) is 12.1 Å². The van der Waals surface area contributed by atoms with Gasteiger partial charge in [0.1, 0.15) is 18.8 Å².